The highest BCUT2D eigenvalue weighted by molar-refractivity contribution is 5.75. The first-order valence-corrected chi connectivity index (χ1v) is 30.8. The third-order valence-corrected chi connectivity index (χ3v) is 13.8. The van der Waals surface area contributed by atoms with Crippen LogP contribution in [0.25, 0.3) is 31.3 Å². The second kappa shape index (κ2) is 52.4. The third kappa shape index (κ3) is 32.1. The number of nitrogens with zero attached hydrogens (tertiary/aromatic N) is 15. The van der Waals surface area contributed by atoms with Crippen LogP contribution in [-0.4, -0.2) is 151 Å². The molecule has 0 saturated heterocycles. The number of likely N-dealkylation sites (N-methyl/N-ethyl adjacent to an activating group) is 5. The van der Waals surface area contributed by atoms with Gasteiger partial charge in [-0.15, -0.1) is 0 Å². The number of hydrogen-bond donors (Lipinski definition) is 2. The molecule has 0 amide bonds. The molecule has 0 unspecified atom stereocenters. The van der Waals surface area contributed by atoms with Gasteiger partial charge >= 0.3 is 0 Å². The molecule has 90 heavy (non-hydrogen) atoms. The predicted octanol–water partition coefficient (Wildman–Crippen LogP) is 14.8. The lowest BCUT2D eigenvalue weighted by atomic mass is 10.2. The zero-order chi connectivity index (χ0) is 66.4. The number of hydrogen-bond acceptors (Lipinski definition) is 16. The van der Waals surface area contributed by atoms with Crippen LogP contribution in [0.1, 0.15) is 89.0 Å². The Morgan fingerprint density at radius 1 is 0.411 bits per heavy atom. The maximum absolute atomic E-state index is 10.5. The van der Waals surface area contributed by atoms with Gasteiger partial charge in [0.2, 0.25) is 0 Å². The van der Waals surface area contributed by atoms with Crippen LogP contribution in [0.2, 0.25) is 0 Å². The van der Waals surface area contributed by atoms with Gasteiger partial charge in [0.05, 0.1) is 6.61 Å². The monoisotopic (exact) mass is 1240 g/mol. The van der Waals surface area contributed by atoms with Crippen LogP contribution in [0.3, 0.4) is 0 Å². The van der Waals surface area contributed by atoms with Gasteiger partial charge in [0.15, 0.2) is 12.6 Å². The van der Waals surface area contributed by atoms with Crippen molar-refractivity contribution >= 4 is 40.4 Å². The molecule has 490 valence electrons. The summed E-state index contributed by atoms with van der Waals surface area (Å²) in [4.78, 5) is 31.9. The molecule has 22 nitrogen and oxygen atoms in total. The molecule has 0 aromatic heterocycles. The summed E-state index contributed by atoms with van der Waals surface area (Å²) in [6.07, 6.45) is 1.39. The molecule has 0 aliphatic rings. The quantitative estimate of drug-likeness (QED) is 0.0125. The van der Waals surface area contributed by atoms with Gasteiger partial charge in [0.25, 0.3) is 0 Å². The average Bonchev–Trinajstić information content (AvgIpc) is 3.80. The molecule has 0 saturated carbocycles. The van der Waals surface area contributed by atoms with E-state index in [9.17, 15) is 4.79 Å². The van der Waals surface area contributed by atoms with Gasteiger partial charge < -0.3 is 59.2 Å². The third-order valence-electron chi connectivity index (χ3n) is 13.8. The molecule has 0 bridgehead atoms. The van der Waals surface area contributed by atoms with Gasteiger partial charge in [-0.2, -0.15) is 0 Å². The Morgan fingerprint density at radius 3 is 0.922 bits per heavy atom. The Balaban J connectivity index is 0.000000544. The minimum atomic E-state index is -0.340. The average molecular weight is 1240 g/mol. The minimum Gasteiger partial charge on any atom is -0.395 e. The number of methoxy groups -OCH3 is 4. The molecule has 0 heterocycles. The van der Waals surface area contributed by atoms with Crippen LogP contribution in [-0.2, 0) is 18.9 Å². The van der Waals surface area contributed by atoms with E-state index in [1.54, 1.807) is 40.6 Å². The topological polar surface area (TPSA) is 266 Å². The van der Waals surface area contributed by atoms with Crippen LogP contribution < -0.4 is 35.1 Å². The van der Waals surface area contributed by atoms with Crippen LogP contribution in [0, 0.1) is 0 Å². The fourth-order valence-electron chi connectivity index (χ4n) is 9.10. The van der Waals surface area contributed by atoms with Gasteiger partial charge in [0.1, 0.15) is 6.29 Å². The SMILES string of the molecule is CCCN(CC)c1ccccc1.CCN(CCN)c1ccc(C(OC)OC)cc1.CCN(CCN=[N+]=[N-])c1ccc(C(OC)OC)cc1.CCN(CCN=[N+]=[N-])c1ccc(C=O)cc1.CCN(CCN=[N+]=[N-])c1ccccc1.CCN(CCO)c1ccccc1. The number of aliphatic hydroxyl groups excluding tert-OH is 1. The normalized spacial score (nSPS) is 9.94. The first-order chi connectivity index (χ1) is 44.0. The summed E-state index contributed by atoms with van der Waals surface area (Å²) in [5, 5.41) is 19.4. The van der Waals surface area contributed by atoms with Crippen LogP contribution in [0.4, 0.5) is 34.1 Å². The lowest BCUT2D eigenvalue weighted by Gasteiger charge is -2.23. The Labute approximate surface area is 536 Å². The van der Waals surface area contributed by atoms with Crippen LogP contribution in [0.5, 0.6) is 0 Å². The van der Waals surface area contributed by atoms with Crippen LogP contribution in [0.15, 0.2) is 179 Å². The van der Waals surface area contributed by atoms with Crippen LogP contribution >= 0.6 is 0 Å². The number of ether oxygens (including phenoxy) is 4. The highest BCUT2D eigenvalue weighted by Gasteiger charge is 2.12. The Hall–Kier alpha value is -8.52. The molecule has 0 atom stereocenters. The summed E-state index contributed by atoms with van der Waals surface area (Å²) in [6.45, 7) is 27.6. The van der Waals surface area contributed by atoms with E-state index in [-0.39, 0.29) is 19.2 Å². The van der Waals surface area contributed by atoms with E-state index < -0.39 is 0 Å². The Morgan fingerprint density at radius 2 is 0.678 bits per heavy atom. The first-order valence-electron chi connectivity index (χ1n) is 30.8. The van der Waals surface area contributed by atoms with Gasteiger partial charge in [-0.05, 0) is 149 Å². The van der Waals surface area contributed by atoms with Crippen molar-refractivity contribution < 1.29 is 28.8 Å². The Kier molecular flexibility index (Phi) is 46.3. The number of aliphatic hydroxyl groups is 1. The second-order valence-corrected chi connectivity index (χ2v) is 19.4. The summed E-state index contributed by atoms with van der Waals surface area (Å²) in [7, 11) is 6.49. The van der Waals surface area contributed by atoms with Gasteiger partial charge in [-0.1, -0.05) is 101 Å². The van der Waals surface area contributed by atoms with E-state index in [2.05, 4.69) is 168 Å². The zero-order valence-corrected chi connectivity index (χ0v) is 55.3. The number of carbonyl (C=O) groups excluding carboxylic acids is 1. The minimum absolute atomic E-state index is 0.211. The zero-order valence-electron chi connectivity index (χ0n) is 55.3. The summed E-state index contributed by atoms with van der Waals surface area (Å²) < 4.78 is 20.8. The van der Waals surface area contributed by atoms with Crippen molar-refractivity contribution in [3.63, 3.8) is 0 Å². The number of anilines is 6. The Bertz CT molecular complexity index is 2770. The molecule has 3 N–H and O–H groups in total. The maximum atomic E-state index is 10.5. The summed E-state index contributed by atoms with van der Waals surface area (Å²) in [5.41, 5.74) is 39.8. The number of nitrogens with two attached hydrogens (primary N) is 1. The summed E-state index contributed by atoms with van der Waals surface area (Å²) >= 11 is 0. The summed E-state index contributed by atoms with van der Waals surface area (Å²) in [5.74, 6) is 0. The van der Waals surface area contributed by atoms with E-state index in [1.807, 2.05) is 91.9 Å². The number of para-hydroxylation sites is 3. The predicted molar refractivity (Wildman–Crippen MR) is 373 cm³/mol. The van der Waals surface area contributed by atoms with E-state index in [0.29, 0.717) is 51.4 Å². The molecule has 0 spiro atoms. The summed E-state index contributed by atoms with van der Waals surface area (Å²) in [6, 6.07) is 54.3. The van der Waals surface area contributed by atoms with E-state index in [1.165, 1.54) is 29.2 Å². The molecule has 0 fully saturated rings. The second-order valence-electron chi connectivity index (χ2n) is 19.4. The standard InChI is InChI=1S/C13H20N4O2.C13H22N2O2.C11H14N4O.C11H17N.C10H14N4.C10H15NO/c1-4-17(10-9-15-16-14)12-7-5-11(6-8-12)13(18-2)19-3;1-4-15(10-9-14)12-7-5-11(6-8-12)13(16-2)17-3;1-2-15(8-7-13-14-12)11-5-3-10(9-16)4-6-11;1-3-10-12(4-2)11-8-6-5-7-9-11;1-2-14(9-8-12-13-11)10-6-4-3-5-7-10;1-2-11(8-9-12)10-6-4-3-5-7-10/h5-8,13H,4,9-10H2,1-3H3;5-8,13H,4,9-10,14H2,1-3H3;3-6,9H,2,7-8H2,1H3;5-9H,3-4,10H2,1-2H3;3-7H,2,8-9H2,1H3;3-7,12H,2,8-9H2,1H3. The molecular weight excluding hydrogens is 1140 g/mol. The molecule has 0 aliphatic carbocycles. The number of benzene rings is 6. The fourth-order valence-corrected chi connectivity index (χ4v) is 9.10. The number of carbonyl (C=O) groups is 1. The number of azide groups is 3. The van der Waals surface area contributed by atoms with Crippen molar-refractivity contribution in [2.45, 2.75) is 67.5 Å². The van der Waals surface area contributed by atoms with Crippen molar-refractivity contribution in [1.29, 1.82) is 0 Å². The van der Waals surface area contributed by atoms with E-state index in [4.69, 9.17) is 46.4 Å². The molecule has 22 heteroatoms. The molecular formula is C68H102N16O6. The smallest absolute Gasteiger partial charge is 0.183 e. The molecule has 0 aliphatic heterocycles. The lowest BCUT2D eigenvalue weighted by Crippen LogP contribution is -2.28. The highest BCUT2D eigenvalue weighted by atomic mass is 16.7. The molecule has 0 radical (unpaired) electrons. The maximum Gasteiger partial charge on any atom is 0.183 e. The molecule has 6 aromatic carbocycles. The lowest BCUT2D eigenvalue weighted by molar-refractivity contribution is -0.106. The molecule has 6 rings (SSSR count). The van der Waals surface area contributed by atoms with Gasteiger partial charge in [0, 0.05) is 199 Å². The van der Waals surface area contributed by atoms with Crippen molar-refractivity contribution in [1.82, 2.24) is 0 Å². The number of rotatable bonds is 34. The largest absolute Gasteiger partial charge is 0.395 e. The number of aldehydes is 1. The van der Waals surface area contributed by atoms with Gasteiger partial charge in [-0.25, -0.2) is 0 Å². The van der Waals surface area contributed by atoms with Crippen molar-refractivity contribution in [2.24, 2.45) is 21.1 Å². The van der Waals surface area contributed by atoms with Crippen molar-refractivity contribution in [3.8, 4) is 0 Å². The highest BCUT2D eigenvalue weighted by Crippen LogP contribution is 2.24. The fraction of sp³-hybridized carbons (Fsp3) is 0.456. The van der Waals surface area contributed by atoms with Crippen molar-refractivity contribution in [2.75, 3.05) is 169 Å². The first kappa shape index (κ1) is 79.5. The van der Waals surface area contributed by atoms with Gasteiger partial charge in [-0.3, -0.25) is 4.79 Å². The van der Waals surface area contributed by atoms with E-state index in [0.717, 1.165) is 87.7 Å². The molecule has 6 aromatic rings. The van der Waals surface area contributed by atoms with E-state index >= 15 is 0 Å². The van der Waals surface area contributed by atoms with Crippen molar-refractivity contribution in [3.05, 3.63) is 212 Å².